The molecule has 11 nitrogen and oxygen atoms in total. The van der Waals surface area contributed by atoms with Crippen molar-refractivity contribution in [2.24, 2.45) is 20.0 Å². The summed E-state index contributed by atoms with van der Waals surface area (Å²) in [6.07, 6.45) is 6.96. The number of pyridine rings is 1. The fourth-order valence-electron chi connectivity index (χ4n) is 5.66. The summed E-state index contributed by atoms with van der Waals surface area (Å²) in [5.41, 5.74) is -0.778. The number of allylic oxidation sites excluding steroid dienone is 2. The van der Waals surface area contributed by atoms with Gasteiger partial charge in [-0.2, -0.15) is 0 Å². The SMILES string of the molecule is COc1nc(C2(NC(=O)c3cn(C)c(=O)n(C)c3=O)C=CC=C(c3ccccc3Cl)C2Cl)ccc1CN1CC[C@@H](C(=O)O)C1. The van der Waals surface area contributed by atoms with Crippen molar-refractivity contribution < 1.29 is 19.4 Å². The number of benzene rings is 1. The van der Waals surface area contributed by atoms with Gasteiger partial charge in [0, 0.05) is 44.0 Å². The molecule has 2 aromatic heterocycles. The molecule has 0 radical (unpaired) electrons. The Hall–Kier alpha value is -4.19. The third-order valence-corrected chi connectivity index (χ3v) is 8.98. The number of aromatic nitrogens is 3. The second-order valence-electron chi connectivity index (χ2n) is 10.9. The molecule has 1 aliphatic heterocycles. The number of amides is 1. The number of hydrogen-bond donors (Lipinski definition) is 2. The molecule has 0 bridgehead atoms. The van der Waals surface area contributed by atoms with Gasteiger partial charge in [-0.05, 0) is 36.2 Å². The van der Waals surface area contributed by atoms with Crippen molar-refractivity contribution in [1.82, 2.24) is 24.3 Å². The second kappa shape index (κ2) is 12.4. The number of halogens is 2. The van der Waals surface area contributed by atoms with Crippen LogP contribution in [-0.4, -0.2) is 61.6 Å². The molecule has 3 aromatic rings. The minimum Gasteiger partial charge on any atom is -0.481 e. The normalized spacial score (nSPS) is 21.6. The van der Waals surface area contributed by atoms with E-state index in [4.69, 9.17) is 32.9 Å². The van der Waals surface area contributed by atoms with E-state index in [1.165, 1.54) is 27.4 Å². The van der Waals surface area contributed by atoms with Gasteiger partial charge >= 0.3 is 11.7 Å². The highest BCUT2D eigenvalue weighted by atomic mass is 35.5. The van der Waals surface area contributed by atoms with Crippen molar-refractivity contribution in [3.05, 3.63) is 109 Å². The zero-order valence-electron chi connectivity index (χ0n) is 24.3. The number of hydrogen-bond acceptors (Lipinski definition) is 7. The molecule has 3 heterocycles. The Morgan fingerprint density at radius 1 is 1.18 bits per heavy atom. The Labute approximate surface area is 263 Å². The number of alkyl halides is 1. The number of nitrogens with one attached hydrogen (secondary N) is 1. The predicted octanol–water partition coefficient (Wildman–Crippen LogP) is 2.93. The molecule has 5 rings (SSSR count). The highest BCUT2D eigenvalue weighted by molar-refractivity contribution is 6.34. The number of ether oxygens (including phenoxy) is 1. The molecule has 3 atom stereocenters. The quantitative estimate of drug-likeness (QED) is 0.359. The van der Waals surface area contributed by atoms with E-state index >= 15 is 0 Å². The predicted molar refractivity (Wildman–Crippen MR) is 166 cm³/mol. The molecular formula is C31H31Cl2N5O6. The molecule has 1 amide bonds. The van der Waals surface area contributed by atoms with Crippen LogP contribution in [0.1, 0.15) is 33.6 Å². The van der Waals surface area contributed by atoms with Gasteiger partial charge in [0.2, 0.25) is 5.88 Å². The standard InChI is InChI=1S/C31H31Cl2N5O6/c1-36-17-22(28(40)37(2)30(36)43)26(39)35-31(13-6-8-21(25(31)33)20-7-4-5-9-23(20)32)24-11-10-18(27(34-24)44-3)15-38-14-12-19(16-38)29(41)42/h4-11,13,17,19,25H,12,14-16H2,1-3H3,(H,35,39)(H,41,42)/t19-,25?,31?/m1/s1. The van der Waals surface area contributed by atoms with Crippen molar-refractivity contribution in [1.29, 1.82) is 0 Å². The molecule has 44 heavy (non-hydrogen) atoms. The van der Waals surface area contributed by atoms with Gasteiger partial charge in [-0.1, -0.05) is 54.1 Å². The van der Waals surface area contributed by atoms with E-state index in [9.17, 15) is 24.3 Å². The lowest BCUT2D eigenvalue weighted by Crippen LogP contribution is -2.54. The van der Waals surface area contributed by atoms with Gasteiger partial charge in [0.05, 0.1) is 24.1 Å². The van der Waals surface area contributed by atoms with Crippen LogP contribution >= 0.6 is 23.2 Å². The fraction of sp³-hybridized carbons (Fsp3) is 0.323. The number of rotatable bonds is 8. The van der Waals surface area contributed by atoms with Crippen molar-refractivity contribution in [2.45, 2.75) is 23.9 Å². The lowest BCUT2D eigenvalue weighted by molar-refractivity contribution is -0.141. The number of carboxylic acids is 1. The number of carboxylic acid groups (broad SMARTS) is 1. The molecule has 2 aliphatic rings. The molecule has 0 saturated carbocycles. The van der Waals surface area contributed by atoms with E-state index in [-0.39, 0.29) is 11.4 Å². The number of aryl methyl sites for hydroxylation is 1. The highest BCUT2D eigenvalue weighted by Gasteiger charge is 2.45. The van der Waals surface area contributed by atoms with Crippen LogP contribution in [0.15, 0.2) is 70.4 Å². The molecule has 2 N–H and O–H groups in total. The van der Waals surface area contributed by atoms with Crippen LogP contribution in [0.2, 0.25) is 5.02 Å². The average molecular weight is 641 g/mol. The Morgan fingerprint density at radius 3 is 2.61 bits per heavy atom. The topological polar surface area (TPSA) is 136 Å². The van der Waals surface area contributed by atoms with Gasteiger partial charge in [-0.25, -0.2) is 9.78 Å². The maximum atomic E-state index is 13.8. The molecule has 13 heteroatoms. The summed E-state index contributed by atoms with van der Waals surface area (Å²) in [5.74, 6) is -1.74. The first-order valence-electron chi connectivity index (χ1n) is 13.8. The van der Waals surface area contributed by atoms with Gasteiger partial charge in [0.15, 0.2) is 0 Å². The van der Waals surface area contributed by atoms with Crippen LogP contribution in [0.5, 0.6) is 5.88 Å². The second-order valence-corrected chi connectivity index (χ2v) is 11.7. The highest BCUT2D eigenvalue weighted by Crippen LogP contribution is 2.43. The number of aliphatic carboxylic acids is 1. The lowest BCUT2D eigenvalue weighted by Gasteiger charge is -2.39. The number of nitrogens with zero attached hydrogens (tertiary/aromatic N) is 4. The lowest BCUT2D eigenvalue weighted by atomic mass is 9.80. The summed E-state index contributed by atoms with van der Waals surface area (Å²) in [5, 5.41) is 11.9. The van der Waals surface area contributed by atoms with E-state index in [1.54, 1.807) is 42.5 Å². The molecule has 1 fully saturated rings. The summed E-state index contributed by atoms with van der Waals surface area (Å²) in [6.45, 7) is 1.45. The first kappa shape index (κ1) is 31.2. The van der Waals surface area contributed by atoms with Crippen LogP contribution in [0.3, 0.4) is 0 Å². The summed E-state index contributed by atoms with van der Waals surface area (Å²) in [6, 6.07) is 10.7. The van der Waals surface area contributed by atoms with Gasteiger partial charge in [-0.15, -0.1) is 11.6 Å². The molecular weight excluding hydrogens is 609 g/mol. The summed E-state index contributed by atoms with van der Waals surface area (Å²) in [7, 11) is 4.22. The van der Waals surface area contributed by atoms with E-state index in [2.05, 4.69) is 5.32 Å². The molecule has 0 spiro atoms. The van der Waals surface area contributed by atoms with Gasteiger partial charge < -0.3 is 19.7 Å². The zero-order chi connectivity index (χ0) is 31.8. The van der Waals surface area contributed by atoms with Gasteiger partial charge in [0.1, 0.15) is 11.1 Å². The average Bonchev–Trinajstić information content (AvgIpc) is 3.48. The van der Waals surface area contributed by atoms with Crippen LogP contribution in [0, 0.1) is 5.92 Å². The van der Waals surface area contributed by atoms with E-state index in [0.717, 1.165) is 14.7 Å². The van der Waals surface area contributed by atoms with Crippen molar-refractivity contribution >= 4 is 40.7 Å². The van der Waals surface area contributed by atoms with Crippen molar-refractivity contribution in [2.75, 3.05) is 20.2 Å². The van der Waals surface area contributed by atoms with Crippen LogP contribution in [0.25, 0.3) is 5.57 Å². The maximum Gasteiger partial charge on any atom is 0.330 e. The van der Waals surface area contributed by atoms with Crippen LogP contribution < -0.4 is 21.3 Å². The van der Waals surface area contributed by atoms with E-state index in [1.807, 2.05) is 17.0 Å². The van der Waals surface area contributed by atoms with Crippen LogP contribution in [0.4, 0.5) is 0 Å². The Kier molecular flexibility index (Phi) is 8.83. The number of methoxy groups -OCH3 is 1. The maximum absolute atomic E-state index is 13.8. The Morgan fingerprint density at radius 2 is 1.93 bits per heavy atom. The van der Waals surface area contributed by atoms with Crippen molar-refractivity contribution in [3.8, 4) is 5.88 Å². The van der Waals surface area contributed by atoms with Gasteiger partial charge in [-0.3, -0.25) is 23.9 Å². The Bertz CT molecular complexity index is 1820. The minimum atomic E-state index is -1.49. The monoisotopic (exact) mass is 639 g/mol. The Balaban J connectivity index is 1.59. The molecule has 1 aromatic carbocycles. The molecule has 2 unspecified atom stereocenters. The molecule has 230 valence electrons. The van der Waals surface area contributed by atoms with Gasteiger partial charge in [0.25, 0.3) is 11.5 Å². The summed E-state index contributed by atoms with van der Waals surface area (Å²) >= 11 is 13.8. The van der Waals surface area contributed by atoms with Crippen LogP contribution in [-0.2, 0) is 31.0 Å². The third-order valence-electron chi connectivity index (χ3n) is 8.08. The first-order valence-corrected chi connectivity index (χ1v) is 14.7. The van der Waals surface area contributed by atoms with E-state index < -0.39 is 40.0 Å². The fourth-order valence-corrected chi connectivity index (χ4v) is 6.33. The smallest absolute Gasteiger partial charge is 0.330 e. The molecule has 1 saturated heterocycles. The largest absolute Gasteiger partial charge is 0.481 e. The minimum absolute atomic E-state index is 0.259. The number of carbonyl (C=O) groups excluding carboxylic acids is 1. The summed E-state index contributed by atoms with van der Waals surface area (Å²) < 4.78 is 7.67. The van der Waals surface area contributed by atoms with E-state index in [0.29, 0.717) is 47.9 Å². The first-order chi connectivity index (χ1) is 21.0. The zero-order valence-corrected chi connectivity index (χ0v) is 25.8. The summed E-state index contributed by atoms with van der Waals surface area (Å²) in [4.78, 5) is 57.4. The van der Waals surface area contributed by atoms with Crippen molar-refractivity contribution in [3.63, 3.8) is 0 Å². The number of carbonyl (C=O) groups is 2. The number of likely N-dealkylation sites (tertiary alicyclic amines) is 1. The third kappa shape index (κ3) is 5.70. The molecule has 1 aliphatic carbocycles.